The molecule has 2 heterocycles. The summed E-state index contributed by atoms with van der Waals surface area (Å²) in [6.07, 6.45) is 5.81. The quantitative estimate of drug-likeness (QED) is 0.870. The van der Waals surface area contributed by atoms with Gasteiger partial charge in [-0.05, 0) is 30.9 Å². The van der Waals surface area contributed by atoms with E-state index >= 15 is 0 Å². The summed E-state index contributed by atoms with van der Waals surface area (Å²) in [5.41, 5.74) is 1.74. The second kappa shape index (κ2) is 4.59. The minimum atomic E-state index is 0.0104. The third-order valence-corrected chi connectivity index (χ3v) is 4.18. The summed E-state index contributed by atoms with van der Waals surface area (Å²) in [5.74, 6) is 1.63. The predicted molar refractivity (Wildman–Crippen MR) is 70.4 cm³/mol. The average molecular weight is 245 g/mol. The number of nitrogens with one attached hydrogen (secondary N) is 1. The van der Waals surface area contributed by atoms with Gasteiger partial charge in [0.1, 0.15) is 0 Å². The van der Waals surface area contributed by atoms with Crippen LogP contribution in [-0.4, -0.2) is 29.0 Å². The van der Waals surface area contributed by atoms with Crippen molar-refractivity contribution >= 4 is 11.7 Å². The van der Waals surface area contributed by atoms with Gasteiger partial charge >= 0.3 is 6.03 Å². The minimum absolute atomic E-state index is 0.0104. The summed E-state index contributed by atoms with van der Waals surface area (Å²) in [5, 5.41) is 2.89. The first-order valence-corrected chi connectivity index (χ1v) is 6.71. The van der Waals surface area contributed by atoms with Crippen LogP contribution >= 0.6 is 0 Å². The van der Waals surface area contributed by atoms with Crippen molar-refractivity contribution in [2.24, 2.45) is 11.8 Å². The van der Waals surface area contributed by atoms with Crippen molar-refractivity contribution in [3.63, 3.8) is 0 Å². The predicted octanol–water partition coefficient (Wildman–Crippen LogP) is 2.65. The van der Waals surface area contributed by atoms with Crippen molar-refractivity contribution in [3.8, 4) is 0 Å². The maximum atomic E-state index is 11.9. The Morgan fingerprint density at radius 2 is 2.11 bits per heavy atom. The van der Waals surface area contributed by atoms with Crippen LogP contribution in [0, 0.1) is 18.8 Å². The van der Waals surface area contributed by atoms with Crippen LogP contribution in [0.5, 0.6) is 0 Å². The van der Waals surface area contributed by atoms with Crippen LogP contribution in [0.3, 0.4) is 0 Å². The Balaban J connectivity index is 1.49. The summed E-state index contributed by atoms with van der Waals surface area (Å²) < 4.78 is 0. The molecule has 2 amide bonds. The summed E-state index contributed by atoms with van der Waals surface area (Å²) in [6, 6.07) is 3.81. The molecule has 2 fully saturated rings. The van der Waals surface area contributed by atoms with Gasteiger partial charge in [-0.2, -0.15) is 0 Å². The van der Waals surface area contributed by atoms with Crippen molar-refractivity contribution in [2.45, 2.75) is 26.2 Å². The Bertz CT molecular complexity index is 433. The van der Waals surface area contributed by atoms with E-state index in [9.17, 15) is 4.79 Å². The number of rotatable bonds is 2. The number of nitrogens with zero attached hydrogens (tertiary/aromatic N) is 2. The molecular formula is C14H19N3O. The number of aromatic nitrogens is 1. The molecule has 3 rings (SSSR count). The fourth-order valence-corrected chi connectivity index (χ4v) is 2.63. The van der Waals surface area contributed by atoms with Crippen molar-refractivity contribution in [2.75, 3.05) is 18.4 Å². The van der Waals surface area contributed by atoms with Crippen LogP contribution in [0.1, 0.15) is 25.0 Å². The monoisotopic (exact) mass is 245 g/mol. The van der Waals surface area contributed by atoms with Crippen LogP contribution in [0.15, 0.2) is 18.3 Å². The Morgan fingerprint density at radius 1 is 1.33 bits per heavy atom. The third kappa shape index (κ3) is 2.19. The SMILES string of the molecule is Cc1ccc(NC(=O)N2CC(C3CCC3)C2)cn1. The Morgan fingerprint density at radius 3 is 2.67 bits per heavy atom. The molecule has 1 aliphatic heterocycles. The van der Waals surface area contributed by atoms with Gasteiger partial charge in [0.05, 0.1) is 11.9 Å². The van der Waals surface area contributed by atoms with Crippen LogP contribution in [0.2, 0.25) is 0 Å². The van der Waals surface area contributed by atoms with Gasteiger partial charge in [-0.1, -0.05) is 19.3 Å². The van der Waals surface area contributed by atoms with Gasteiger partial charge in [0.15, 0.2) is 0 Å². The number of hydrogen-bond donors (Lipinski definition) is 1. The smallest absolute Gasteiger partial charge is 0.321 e. The fraction of sp³-hybridized carbons (Fsp3) is 0.571. The van der Waals surface area contributed by atoms with E-state index in [1.165, 1.54) is 19.3 Å². The highest BCUT2D eigenvalue weighted by molar-refractivity contribution is 5.89. The molecule has 0 radical (unpaired) electrons. The highest BCUT2D eigenvalue weighted by atomic mass is 16.2. The lowest BCUT2D eigenvalue weighted by Crippen LogP contribution is -2.55. The van der Waals surface area contributed by atoms with Gasteiger partial charge in [-0.15, -0.1) is 0 Å². The number of likely N-dealkylation sites (tertiary alicyclic amines) is 1. The normalized spacial score (nSPS) is 20.2. The number of urea groups is 1. The highest BCUT2D eigenvalue weighted by Crippen LogP contribution is 2.38. The van der Waals surface area contributed by atoms with Crippen molar-refractivity contribution in [1.29, 1.82) is 0 Å². The number of carbonyl (C=O) groups is 1. The maximum absolute atomic E-state index is 11.9. The van der Waals surface area contributed by atoms with E-state index in [2.05, 4.69) is 10.3 Å². The zero-order chi connectivity index (χ0) is 12.5. The van der Waals surface area contributed by atoms with Gasteiger partial charge in [0, 0.05) is 18.8 Å². The molecule has 1 aromatic heterocycles. The van der Waals surface area contributed by atoms with Gasteiger partial charge < -0.3 is 10.2 Å². The van der Waals surface area contributed by atoms with E-state index in [1.807, 2.05) is 24.0 Å². The number of anilines is 1. The van der Waals surface area contributed by atoms with E-state index in [1.54, 1.807) is 6.20 Å². The van der Waals surface area contributed by atoms with Crippen LogP contribution in [0.4, 0.5) is 10.5 Å². The third-order valence-electron chi connectivity index (χ3n) is 4.18. The van der Waals surface area contributed by atoms with Gasteiger partial charge in [-0.3, -0.25) is 4.98 Å². The molecule has 1 saturated carbocycles. The van der Waals surface area contributed by atoms with E-state index in [0.717, 1.165) is 36.3 Å². The molecule has 0 unspecified atom stereocenters. The summed E-state index contributed by atoms with van der Waals surface area (Å²) >= 11 is 0. The van der Waals surface area contributed by atoms with E-state index in [0.29, 0.717) is 0 Å². The minimum Gasteiger partial charge on any atom is -0.324 e. The topological polar surface area (TPSA) is 45.2 Å². The summed E-state index contributed by atoms with van der Waals surface area (Å²) in [7, 11) is 0. The fourth-order valence-electron chi connectivity index (χ4n) is 2.63. The molecule has 2 aliphatic rings. The Kier molecular flexibility index (Phi) is 2.94. The number of amides is 2. The van der Waals surface area contributed by atoms with Gasteiger partial charge in [0.2, 0.25) is 0 Å². The van der Waals surface area contributed by atoms with Crippen LogP contribution in [-0.2, 0) is 0 Å². The van der Waals surface area contributed by atoms with Gasteiger partial charge in [0.25, 0.3) is 0 Å². The lowest BCUT2D eigenvalue weighted by Gasteiger charge is -2.46. The average Bonchev–Trinajstić information content (AvgIpc) is 2.23. The van der Waals surface area contributed by atoms with E-state index in [4.69, 9.17) is 0 Å². The number of pyridine rings is 1. The second-order valence-corrected chi connectivity index (χ2v) is 5.47. The molecule has 4 nitrogen and oxygen atoms in total. The van der Waals surface area contributed by atoms with E-state index < -0.39 is 0 Å². The molecule has 1 N–H and O–H groups in total. The van der Waals surface area contributed by atoms with Crippen molar-refractivity contribution < 1.29 is 4.79 Å². The number of carbonyl (C=O) groups excluding carboxylic acids is 1. The highest BCUT2D eigenvalue weighted by Gasteiger charge is 2.38. The van der Waals surface area contributed by atoms with Crippen LogP contribution in [0.25, 0.3) is 0 Å². The largest absolute Gasteiger partial charge is 0.324 e. The Labute approximate surface area is 107 Å². The molecule has 1 saturated heterocycles. The van der Waals surface area contributed by atoms with E-state index in [-0.39, 0.29) is 6.03 Å². The van der Waals surface area contributed by atoms with Crippen molar-refractivity contribution in [1.82, 2.24) is 9.88 Å². The zero-order valence-electron chi connectivity index (χ0n) is 10.7. The molecule has 0 atom stereocenters. The first-order chi connectivity index (χ1) is 8.72. The van der Waals surface area contributed by atoms with Crippen LogP contribution < -0.4 is 5.32 Å². The molecule has 0 aromatic carbocycles. The molecule has 96 valence electrons. The zero-order valence-corrected chi connectivity index (χ0v) is 10.7. The van der Waals surface area contributed by atoms with Crippen molar-refractivity contribution in [3.05, 3.63) is 24.0 Å². The van der Waals surface area contributed by atoms with Gasteiger partial charge in [-0.25, -0.2) is 4.79 Å². The first-order valence-electron chi connectivity index (χ1n) is 6.71. The first kappa shape index (κ1) is 11.5. The molecular weight excluding hydrogens is 226 g/mol. The summed E-state index contributed by atoms with van der Waals surface area (Å²) in [4.78, 5) is 18.0. The lowest BCUT2D eigenvalue weighted by molar-refractivity contribution is 0.0569. The standard InChI is InChI=1S/C14H19N3O/c1-10-5-6-13(7-15-10)16-14(18)17-8-12(9-17)11-3-2-4-11/h5-7,11-12H,2-4,8-9H2,1H3,(H,16,18). The second-order valence-electron chi connectivity index (χ2n) is 5.47. The lowest BCUT2D eigenvalue weighted by atomic mass is 9.73. The summed E-state index contributed by atoms with van der Waals surface area (Å²) in [6.45, 7) is 3.79. The molecule has 1 aromatic rings. The number of hydrogen-bond acceptors (Lipinski definition) is 2. The molecule has 0 bridgehead atoms. The molecule has 1 aliphatic carbocycles. The maximum Gasteiger partial charge on any atom is 0.321 e. The number of aryl methyl sites for hydroxylation is 1. The molecule has 0 spiro atoms. The Hall–Kier alpha value is -1.58. The molecule has 18 heavy (non-hydrogen) atoms. The molecule has 4 heteroatoms.